The first-order valence-electron chi connectivity index (χ1n) is 3.50. The van der Waals surface area contributed by atoms with Gasteiger partial charge in [-0.1, -0.05) is 30.3 Å². The lowest BCUT2D eigenvalue weighted by Gasteiger charge is -1.91. The molecule has 0 aliphatic carbocycles. The Morgan fingerprint density at radius 2 is 1.92 bits per heavy atom. The molecule has 0 saturated carbocycles. The van der Waals surface area contributed by atoms with E-state index in [4.69, 9.17) is 5.21 Å². The molecule has 13 heavy (non-hydrogen) atoms. The lowest BCUT2D eigenvalue weighted by Crippen LogP contribution is -1.99. The molecule has 1 N–H and O–H groups in total. The molecule has 0 aliphatic heterocycles. The van der Waals surface area contributed by atoms with Crippen LogP contribution in [0.5, 0.6) is 0 Å². The molecule has 1 rings (SSSR count). The summed E-state index contributed by atoms with van der Waals surface area (Å²) in [7, 11) is 0. The summed E-state index contributed by atoms with van der Waals surface area (Å²) in [5, 5.41) is 9.33. The number of halogens is 1. The monoisotopic (exact) mass is 183 g/mol. The van der Waals surface area contributed by atoms with Crippen molar-refractivity contribution in [3.8, 4) is 0 Å². The first-order chi connectivity index (χ1) is 6.26. The average Bonchev–Trinajstić information content (AvgIpc) is 2.19. The normalized spacial score (nSPS) is 8.08. The average molecular weight is 183 g/mol. The van der Waals surface area contributed by atoms with Gasteiger partial charge >= 0.3 is 0 Å². The number of rotatable bonds is 2. The van der Waals surface area contributed by atoms with Gasteiger partial charge in [0.25, 0.3) is 0 Å². The molecule has 0 saturated heterocycles. The second-order valence-electron chi connectivity index (χ2n) is 2.06. The molecule has 1 aromatic rings. The van der Waals surface area contributed by atoms with Gasteiger partial charge in [0.15, 0.2) is 12.5 Å². The highest BCUT2D eigenvalue weighted by atomic mass is 19.1. The maximum Gasteiger partial charge on any atom is 0.193 e. The van der Waals surface area contributed by atoms with Crippen LogP contribution in [0.15, 0.2) is 35.5 Å². The number of carbonyl (C=O) groups is 1. The van der Waals surface area contributed by atoms with Gasteiger partial charge in [-0.25, -0.2) is 4.39 Å². The molecule has 3 nitrogen and oxygen atoms in total. The van der Waals surface area contributed by atoms with E-state index in [1.165, 1.54) is 0 Å². The smallest absolute Gasteiger partial charge is 0.193 e. The van der Waals surface area contributed by atoms with Crippen molar-refractivity contribution in [3.05, 3.63) is 35.9 Å². The summed E-state index contributed by atoms with van der Waals surface area (Å²) in [6.07, 6.45) is 0. The van der Waals surface area contributed by atoms with Gasteiger partial charge in [0.1, 0.15) is 0 Å². The van der Waals surface area contributed by atoms with E-state index in [1.54, 1.807) is 30.3 Å². The molecule has 0 spiro atoms. The molecule has 0 unspecified atom stereocenters. The highest BCUT2D eigenvalue weighted by Gasteiger charge is 2.01. The van der Waals surface area contributed by atoms with E-state index >= 15 is 0 Å². The Balaban J connectivity index is 0.000000424. The number of hydrogen-bond donors (Lipinski definition) is 1. The summed E-state index contributed by atoms with van der Waals surface area (Å²) < 4.78 is 11.7. The minimum atomic E-state index is -0.913. The summed E-state index contributed by atoms with van der Waals surface area (Å²) >= 11 is 0. The largest absolute Gasteiger partial charge is 0.411 e. The van der Waals surface area contributed by atoms with Crippen LogP contribution in [0, 0.1) is 0 Å². The standard InChI is InChI=1S/C8H7FO.CH3NO/c9-6-8(10)7-4-2-1-3-5-7;1-2-3/h1-5H,6H2;3H,1H2. The highest BCUT2D eigenvalue weighted by Crippen LogP contribution is 1.99. The molecule has 0 aliphatic rings. The molecule has 70 valence electrons. The van der Waals surface area contributed by atoms with Crippen molar-refractivity contribution < 1.29 is 14.4 Å². The zero-order chi connectivity index (χ0) is 10.1. The molecule has 0 bridgehead atoms. The highest BCUT2D eigenvalue weighted by molar-refractivity contribution is 5.96. The summed E-state index contributed by atoms with van der Waals surface area (Å²) in [6.45, 7) is 1.75. The van der Waals surface area contributed by atoms with Crippen LogP contribution in [0.25, 0.3) is 0 Å². The molecule has 0 atom stereocenters. The molecule has 0 radical (unpaired) electrons. The zero-order valence-electron chi connectivity index (χ0n) is 6.98. The predicted octanol–water partition coefficient (Wildman–Crippen LogP) is 1.92. The molecular weight excluding hydrogens is 173 g/mol. The van der Waals surface area contributed by atoms with Gasteiger partial charge in [-0.05, 0) is 0 Å². The van der Waals surface area contributed by atoms with Crippen LogP contribution in [0.1, 0.15) is 10.4 Å². The number of benzene rings is 1. The summed E-state index contributed by atoms with van der Waals surface area (Å²) in [6, 6.07) is 8.41. The molecule has 0 heterocycles. The maximum atomic E-state index is 11.7. The second-order valence-corrected chi connectivity index (χ2v) is 2.06. The maximum absolute atomic E-state index is 11.7. The van der Waals surface area contributed by atoms with E-state index in [0.29, 0.717) is 5.56 Å². The minimum Gasteiger partial charge on any atom is -0.411 e. The predicted molar refractivity (Wildman–Crippen MR) is 48.1 cm³/mol. The molecule has 0 amide bonds. The topological polar surface area (TPSA) is 49.7 Å². The molecular formula is C9H10FNO2. The third-order valence-electron chi connectivity index (χ3n) is 1.22. The van der Waals surface area contributed by atoms with Gasteiger partial charge in [-0.15, -0.1) is 5.16 Å². The van der Waals surface area contributed by atoms with Crippen LogP contribution in [0.4, 0.5) is 4.39 Å². The molecule has 1 aromatic carbocycles. The number of carbonyl (C=O) groups excluding carboxylic acids is 1. The van der Waals surface area contributed by atoms with E-state index in [0.717, 1.165) is 0 Å². The summed E-state index contributed by atoms with van der Waals surface area (Å²) in [4.78, 5) is 10.6. The van der Waals surface area contributed by atoms with E-state index in [1.807, 2.05) is 0 Å². The fraction of sp³-hybridized carbons (Fsp3) is 0.111. The molecule has 0 aromatic heterocycles. The van der Waals surface area contributed by atoms with Crippen LogP contribution in [-0.4, -0.2) is 24.4 Å². The lowest BCUT2D eigenvalue weighted by atomic mass is 10.1. The lowest BCUT2D eigenvalue weighted by molar-refractivity contribution is 0.0958. The van der Waals surface area contributed by atoms with Crippen molar-refractivity contribution >= 4 is 12.5 Å². The van der Waals surface area contributed by atoms with E-state index in [9.17, 15) is 9.18 Å². The SMILES string of the molecule is C=NO.O=C(CF)c1ccccc1. The Morgan fingerprint density at radius 3 is 2.31 bits per heavy atom. The Kier molecular flexibility index (Phi) is 6.05. The fourth-order valence-electron chi connectivity index (χ4n) is 0.701. The fourth-order valence-corrected chi connectivity index (χ4v) is 0.701. The Labute approximate surface area is 75.5 Å². The van der Waals surface area contributed by atoms with Crippen molar-refractivity contribution in [3.63, 3.8) is 0 Å². The number of nitrogens with zero attached hydrogens (tertiary/aromatic N) is 1. The number of alkyl halides is 1. The number of oxime groups is 1. The molecule has 4 heteroatoms. The van der Waals surface area contributed by atoms with Crippen molar-refractivity contribution in [2.24, 2.45) is 5.16 Å². The summed E-state index contributed by atoms with van der Waals surface area (Å²) in [5.74, 6) is -0.458. The van der Waals surface area contributed by atoms with Crippen molar-refractivity contribution in [2.45, 2.75) is 0 Å². The van der Waals surface area contributed by atoms with Crippen LogP contribution in [0.2, 0.25) is 0 Å². The third-order valence-corrected chi connectivity index (χ3v) is 1.22. The summed E-state index contributed by atoms with van der Waals surface area (Å²) in [5.41, 5.74) is 0.435. The number of ketones is 1. The third kappa shape index (κ3) is 4.68. The first-order valence-corrected chi connectivity index (χ1v) is 3.50. The Hall–Kier alpha value is -1.71. The van der Waals surface area contributed by atoms with Gasteiger partial charge in [0, 0.05) is 12.3 Å². The van der Waals surface area contributed by atoms with E-state index < -0.39 is 12.5 Å². The van der Waals surface area contributed by atoms with Gasteiger partial charge in [-0.2, -0.15) is 0 Å². The van der Waals surface area contributed by atoms with Gasteiger partial charge < -0.3 is 5.21 Å². The van der Waals surface area contributed by atoms with Crippen LogP contribution in [0.3, 0.4) is 0 Å². The van der Waals surface area contributed by atoms with Gasteiger partial charge in [-0.3, -0.25) is 4.79 Å². The number of hydrogen-bond acceptors (Lipinski definition) is 3. The molecule has 0 fully saturated rings. The van der Waals surface area contributed by atoms with Gasteiger partial charge in [0.2, 0.25) is 0 Å². The van der Waals surface area contributed by atoms with E-state index in [-0.39, 0.29) is 0 Å². The Bertz CT molecular complexity index is 262. The first kappa shape index (κ1) is 11.3. The quantitative estimate of drug-likeness (QED) is 0.329. The van der Waals surface area contributed by atoms with Crippen LogP contribution < -0.4 is 0 Å². The number of Topliss-reactive ketones (excluding diaryl/α,β-unsaturated/α-hetero) is 1. The minimum absolute atomic E-state index is 0.435. The van der Waals surface area contributed by atoms with Crippen molar-refractivity contribution in [1.82, 2.24) is 0 Å². The van der Waals surface area contributed by atoms with Crippen LogP contribution >= 0.6 is 0 Å². The van der Waals surface area contributed by atoms with E-state index in [2.05, 4.69) is 11.9 Å². The zero-order valence-corrected chi connectivity index (χ0v) is 6.98. The Morgan fingerprint density at radius 1 is 1.46 bits per heavy atom. The van der Waals surface area contributed by atoms with Crippen LogP contribution in [-0.2, 0) is 0 Å². The van der Waals surface area contributed by atoms with Crippen molar-refractivity contribution in [1.29, 1.82) is 0 Å². The second kappa shape index (κ2) is 6.97. The van der Waals surface area contributed by atoms with Crippen molar-refractivity contribution in [2.75, 3.05) is 6.67 Å². The van der Waals surface area contributed by atoms with Gasteiger partial charge in [0.05, 0.1) is 0 Å².